The second-order valence-electron chi connectivity index (χ2n) is 3.60. The average Bonchev–Trinajstić information content (AvgIpc) is 2.82. The molecule has 0 bridgehead atoms. The maximum absolute atomic E-state index is 11.5. The van der Waals surface area contributed by atoms with E-state index in [4.69, 9.17) is 0 Å². The Morgan fingerprint density at radius 2 is 2.28 bits per heavy atom. The van der Waals surface area contributed by atoms with Crippen LogP contribution >= 0.6 is 27.3 Å². The summed E-state index contributed by atoms with van der Waals surface area (Å²) in [7, 11) is 0. The van der Waals surface area contributed by atoms with Gasteiger partial charge in [0.15, 0.2) is 0 Å². The van der Waals surface area contributed by atoms with Gasteiger partial charge < -0.3 is 0 Å². The standard InChI is InChI=1S/C13H11BrN2OS/c14-11-4-1-3-10(7-11)9-15-16-13(17)8-12-5-2-6-18-12/h1-7,9H,8H2,(H,16,17)/b15-9-. The first-order valence-electron chi connectivity index (χ1n) is 5.34. The molecule has 1 aromatic carbocycles. The Morgan fingerprint density at radius 3 is 3.00 bits per heavy atom. The van der Waals surface area contributed by atoms with E-state index in [9.17, 15) is 4.79 Å². The fourth-order valence-electron chi connectivity index (χ4n) is 1.38. The van der Waals surface area contributed by atoms with Gasteiger partial charge in [-0.05, 0) is 29.1 Å². The zero-order chi connectivity index (χ0) is 12.8. The second-order valence-corrected chi connectivity index (χ2v) is 5.55. The van der Waals surface area contributed by atoms with Crippen molar-refractivity contribution >= 4 is 39.4 Å². The van der Waals surface area contributed by atoms with Crippen LogP contribution in [0.5, 0.6) is 0 Å². The van der Waals surface area contributed by atoms with Gasteiger partial charge in [-0.1, -0.05) is 34.1 Å². The number of carbonyl (C=O) groups is 1. The Kier molecular flexibility index (Phi) is 4.66. The number of hydrazone groups is 1. The Labute approximate surface area is 118 Å². The number of nitrogens with one attached hydrogen (secondary N) is 1. The number of hydrogen-bond donors (Lipinski definition) is 1. The van der Waals surface area contributed by atoms with Crippen LogP contribution in [0.1, 0.15) is 10.4 Å². The number of nitrogens with zero attached hydrogens (tertiary/aromatic N) is 1. The van der Waals surface area contributed by atoms with Crippen molar-refractivity contribution in [3.8, 4) is 0 Å². The van der Waals surface area contributed by atoms with Gasteiger partial charge in [-0.3, -0.25) is 4.79 Å². The van der Waals surface area contributed by atoms with Crippen molar-refractivity contribution in [2.24, 2.45) is 5.10 Å². The molecule has 0 saturated carbocycles. The van der Waals surface area contributed by atoms with Gasteiger partial charge in [0, 0.05) is 9.35 Å². The fraction of sp³-hybridized carbons (Fsp3) is 0.0769. The van der Waals surface area contributed by atoms with Gasteiger partial charge in [0.1, 0.15) is 0 Å². The highest BCUT2D eigenvalue weighted by Gasteiger charge is 2.01. The van der Waals surface area contributed by atoms with E-state index in [-0.39, 0.29) is 5.91 Å². The molecule has 0 spiro atoms. The summed E-state index contributed by atoms with van der Waals surface area (Å²) in [5.74, 6) is -0.108. The molecule has 0 atom stereocenters. The molecule has 3 nitrogen and oxygen atoms in total. The number of rotatable bonds is 4. The highest BCUT2D eigenvalue weighted by atomic mass is 79.9. The first kappa shape index (κ1) is 13.0. The van der Waals surface area contributed by atoms with E-state index in [0.29, 0.717) is 6.42 Å². The van der Waals surface area contributed by atoms with Crippen LogP contribution < -0.4 is 5.43 Å². The van der Waals surface area contributed by atoms with E-state index in [0.717, 1.165) is 14.9 Å². The molecular formula is C13H11BrN2OS. The van der Waals surface area contributed by atoms with Crippen LogP contribution in [0.3, 0.4) is 0 Å². The first-order valence-corrected chi connectivity index (χ1v) is 7.01. The first-order chi connectivity index (χ1) is 8.74. The van der Waals surface area contributed by atoms with Gasteiger partial charge in [0.2, 0.25) is 5.91 Å². The monoisotopic (exact) mass is 322 g/mol. The predicted octanol–water partition coefficient (Wildman–Crippen LogP) is 3.20. The van der Waals surface area contributed by atoms with E-state index in [1.165, 1.54) is 0 Å². The van der Waals surface area contributed by atoms with Crippen LogP contribution in [0.15, 0.2) is 51.4 Å². The molecule has 0 saturated heterocycles. The minimum Gasteiger partial charge on any atom is -0.273 e. The van der Waals surface area contributed by atoms with Crippen molar-refractivity contribution in [1.29, 1.82) is 0 Å². The normalized spacial score (nSPS) is 10.7. The second kappa shape index (κ2) is 6.47. The highest BCUT2D eigenvalue weighted by Crippen LogP contribution is 2.10. The summed E-state index contributed by atoms with van der Waals surface area (Å²) in [6.07, 6.45) is 1.99. The van der Waals surface area contributed by atoms with Crippen molar-refractivity contribution in [3.05, 3.63) is 56.7 Å². The lowest BCUT2D eigenvalue weighted by molar-refractivity contribution is -0.120. The molecule has 0 fully saturated rings. The van der Waals surface area contributed by atoms with Gasteiger partial charge in [-0.15, -0.1) is 11.3 Å². The molecule has 0 radical (unpaired) electrons. The summed E-state index contributed by atoms with van der Waals surface area (Å²) < 4.78 is 0.983. The van der Waals surface area contributed by atoms with Crippen LogP contribution in [0, 0.1) is 0 Å². The summed E-state index contributed by atoms with van der Waals surface area (Å²) in [5.41, 5.74) is 3.44. The van der Waals surface area contributed by atoms with Crippen molar-refractivity contribution in [3.63, 3.8) is 0 Å². The smallest absolute Gasteiger partial charge is 0.245 e. The lowest BCUT2D eigenvalue weighted by Gasteiger charge is -1.97. The third-order valence-corrected chi connectivity index (χ3v) is 3.54. The molecule has 92 valence electrons. The predicted molar refractivity (Wildman–Crippen MR) is 77.9 cm³/mol. The van der Waals surface area contributed by atoms with Crippen LogP contribution in [-0.4, -0.2) is 12.1 Å². The molecule has 5 heteroatoms. The summed E-state index contributed by atoms with van der Waals surface area (Å²) in [6.45, 7) is 0. The number of halogens is 1. The van der Waals surface area contributed by atoms with Gasteiger partial charge >= 0.3 is 0 Å². The number of hydrogen-bond acceptors (Lipinski definition) is 3. The maximum Gasteiger partial charge on any atom is 0.245 e. The van der Waals surface area contributed by atoms with Gasteiger partial charge in [-0.25, -0.2) is 5.43 Å². The zero-order valence-electron chi connectivity index (χ0n) is 9.47. The molecule has 0 aliphatic carbocycles. The Morgan fingerprint density at radius 1 is 1.39 bits per heavy atom. The summed E-state index contributed by atoms with van der Waals surface area (Å²) in [4.78, 5) is 12.6. The van der Waals surface area contributed by atoms with E-state index in [1.54, 1.807) is 17.6 Å². The lowest BCUT2D eigenvalue weighted by atomic mass is 10.2. The number of benzene rings is 1. The van der Waals surface area contributed by atoms with Crippen molar-refractivity contribution in [2.45, 2.75) is 6.42 Å². The Balaban J connectivity index is 1.86. The minimum absolute atomic E-state index is 0.108. The minimum atomic E-state index is -0.108. The van der Waals surface area contributed by atoms with E-state index >= 15 is 0 Å². The largest absolute Gasteiger partial charge is 0.273 e. The molecule has 0 aliphatic rings. The third kappa shape index (κ3) is 4.09. The Hall–Kier alpha value is -1.46. The topological polar surface area (TPSA) is 41.5 Å². The van der Waals surface area contributed by atoms with Gasteiger partial charge in [0.05, 0.1) is 12.6 Å². The quantitative estimate of drug-likeness (QED) is 0.681. The van der Waals surface area contributed by atoms with Gasteiger partial charge in [-0.2, -0.15) is 5.10 Å². The Bertz CT molecular complexity index is 552. The summed E-state index contributed by atoms with van der Waals surface area (Å²) in [6, 6.07) is 11.6. The van der Waals surface area contributed by atoms with E-state index in [1.807, 2.05) is 41.8 Å². The SMILES string of the molecule is O=C(Cc1cccs1)N/N=C\c1cccc(Br)c1. The third-order valence-electron chi connectivity index (χ3n) is 2.17. The number of amides is 1. The highest BCUT2D eigenvalue weighted by molar-refractivity contribution is 9.10. The molecular weight excluding hydrogens is 312 g/mol. The summed E-state index contributed by atoms with van der Waals surface area (Å²) in [5, 5.41) is 5.87. The molecule has 2 rings (SSSR count). The molecule has 0 unspecified atom stereocenters. The van der Waals surface area contributed by atoms with E-state index in [2.05, 4.69) is 26.5 Å². The summed E-state index contributed by atoms with van der Waals surface area (Å²) >= 11 is 4.94. The maximum atomic E-state index is 11.5. The zero-order valence-corrected chi connectivity index (χ0v) is 11.9. The molecule has 1 amide bonds. The van der Waals surface area contributed by atoms with Crippen molar-refractivity contribution in [2.75, 3.05) is 0 Å². The molecule has 0 aliphatic heterocycles. The van der Waals surface area contributed by atoms with Crippen LogP contribution in [0.2, 0.25) is 0 Å². The molecule has 1 aromatic heterocycles. The molecule has 18 heavy (non-hydrogen) atoms. The van der Waals surface area contributed by atoms with Crippen LogP contribution in [-0.2, 0) is 11.2 Å². The van der Waals surface area contributed by atoms with Crippen molar-refractivity contribution < 1.29 is 4.79 Å². The van der Waals surface area contributed by atoms with Gasteiger partial charge in [0.25, 0.3) is 0 Å². The molecule has 1 heterocycles. The van der Waals surface area contributed by atoms with Crippen LogP contribution in [0.4, 0.5) is 0 Å². The number of carbonyl (C=O) groups excluding carboxylic acids is 1. The molecule has 2 aromatic rings. The van der Waals surface area contributed by atoms with Crippen LogP contribution in [0.25, 0.3) is 0 Å². The van der Waals surface area contributed by atoms with Crippen molar-refractivity contribution in [1.82, 2.24) is 5.43 Å². The number of thiophene rings is 1. The lowest BCUT2D eigenvalue weighted by Crippen LogP contribution is -2.19. The molecule has 1 N–H and O–H groups in total. The fourth-order valence-corrected chi connectivity index (χ4v) is 2.50. The average molecular weight is 323 g/mol. The van der Waals surface area contributed by atoms with E-state index < -0.39 is 0 Å².